The molecule has 136 valence electrons. The van der Waals surface area contributed by atoms with Gasteiger partial charge < -0.3 is 10.4 Å². The molecular formula is C17H28N2O4S. The largest absolute Gasteiger partial charge is 0.478 e. The van der Waals surface area contributed by atoms with E-state index in [-0.39, 0.29) is 16.5 Å². The smallest absolute Gasteiger partial charge is 0.335 e. The van der Waals surface area contributed by atoms with Crippen LogP contribution in [0.3, 0.4) is 0 Å². The molecule has 0 spiro atoms. The minimum atomic E-state index is -3.76. The van der Waals surface area contributed by atoms with Gasteiger partial charge in [-0.05, 0) is 38.0 Å². The van der Waals surface area contributed by atoms with Gasteiger partial charge in [0.25, 0.3) is 0 Å². The first-order chi connectivity index (χ1) is 11.3. The standard InChI is InChI=1S/C17H28N2O4S/c1-4-6-7-11-18-24(22,23)16-12-14(17(20)21)9-10-15(16)19-13(3)8-5-2/h9-10,12-13,18-19H,4-8,11H2,1-3H3,(H,20,21)/t13-/m1/s1. The molecule has 0 radical (unpaired) electrons. The van der Waals surface area contributed by atoms with E-state index >= 15 is 0 Å². The molecule has 7 heteroatoms. The van der Waals surface area contributed by atoms with E-state index in [0.29, 0.717) is 12.2 Å². The van der Waals surface area contributed by atoms with E-state index in [9.17, 15) is 13.2 Å². The Morgan fingerprint density at radius 1 is 1.21 bits per heavy atom. The highest BCUT2D eigenvalue weighted by Gasteiger charge is 2.21. The Kier molecular flexibility index (Phi) is 8.21. The Labute approximate surface area is 144 Å². The summed E-state index contributed by atoms with van der Waals surface area (Å²) >= 11 is 0. The summed E-state index contributed by atoms with van der Waals surface area (Å²) in [6.07, 6.45) is 4.56. The molecule has 1 aromatic carbocycles. The summed E-state index contributed by atoms with van der Waals surface area (Å²) in [6.45, 7) is 6.41. The molecule has 24 heavy (non-hydrogen) atoms. The van der Waals surface area contributed by atoms with E-state index in [1.807, 2.05) is 13.8 Å². The maximum atomic E-state index is 12.6. The van der Waals surface area contributed by atoms with E-state index in [4.69, 9.17) is 5.11 Å². The van der Waals surface area contributed by atoms with Gasteiger partial charge in [0.15, 0.2) is 0 Å². The van der Waals surface area contributed by atoms with Gasteiger partial charge in [0.05, 0.1) is 11.3 Å². The van der Waals surface area contributed by atoms with Crippen LogP contribution in [0.15, 0.2) is 23.1 Å². The third-order valence-electron chi connectivity index (χ3n) is 3.71. The van der Waals surface area contributed by atoms with Crippen LogP contribution in [0.25, 0.3) is 0 Å². The van der Waals surface area contributed by atoms with E-state index in [1.165, 1.54) is 18.2 Å². The first kappa shape index (κ1) is 20.4. The highest BCUT2D eigenvalue weighted by atomic mass is 32.2. The minimum absolute atomic E-state index is 0.0122. The number of unbranched alkanes of at least 4 members (excludes halogenated alkanes) is 2. The number of sulfonamides is 1. The zero-order chi connectivity index (χ0) is 18.2. The fourth-order valence-corrected chi connectivity index (χ4v) is 3.69. The van der Waals surface area contributed by atoms with Crippen molar-refractivity contribution in [3.8, 4) is 0 Å². The van der Waals surface area contributed by atoms with Crippen molar-refractivity contribution < 1.29 is 18.3 Å². The lowest BCUT2D eigenvalue weighted by Crippen LogP contribution is -2.27. The quantitative estimate of drug-likeness (QED) is 0.528. The molecule has 1 atom stereocenters. The normalized spacial score (nSPS) is 12.8. The van der Waals surface area contributed by atoms with E-state index in [2.05, 4.69) is 17.0 Å². The number of hydrogen-bond acceptors (Lipinski definition) is 4. The van der Waals surface area contributed by atoms with Gasteiger partial charge in [-0.15, -0.1) is 0 Å². The zero-order valence-corrected chi connectivity index (χ0v) is 15.4. The highest BCUT2D eigenvalue weighted by Crippen LogP contribution is 2.24. The molecule has 0 bridgehead atoms. The molecule has 0 heterocycles. The van der Waals surface area contributed by atoms with Crippen molar-refractivity contribution in [2.24, 2.45) is 0 Å². The van der Waals surface area contributed by atoms with Crippen molar-refractivity contribution in [3.63, 3.8) is 0 Å². The predicted molar refractivity (Wildman–Crippen MR) is 96.1 cm³/mol. The van der Waals surface area contributed by atoms with Crippen molar-refractivity contribution >= 4 is 21.7 Å². The summed E-state index contributed by atoms with van der Waals surface area (Å²) in [5.41, 5.74) is 0.390. The molecule has 0 aliphatic carbocycles. The summed E-state index contributed by atoms with van der Waals surface area (Å²) in [4.78, 5) is 11.2. The molecule has 1 aromatic rings. The number of carboxylic acids is 1. The minimum Gasteiger partial charge on any atom is -0.478 e. The van der Waals surface area contributed by atoms with Crippen molar-refractivity contribution in [1.29, 1.82) is 0 Å². The molecule has 3 N–H and O–H groups in total. The molecule has 0 aliphatic rings. The third kappa shape index (κ3) is 6.13. The maximum absolute atomic E-state index is 12.6. The SMILES string of the molecule is CCCCCNS(=O)(=O)c1cc(C(=O)O)ccc1N[C@H](C)CCC. The fourth-order valence-electron chi connectivity index (χ4n) is 2.43. The molecule has 0 aromatic heterocycles. The second-order valence-corrected chi connectivity index (χ2v) is 7.69. The highest BCUT2D eigenvalue weighted by molar-refractivity contribution is 7.89. The molecule has 6 nitrogen and oxygen atoms in total. The molecule has 1 rings (SSSR count). The Morgan fingerprint density at radius 2 is 1.92 bits per heavy atom. The van der Waals surface area contributed by atoms with Gasteiger partial charge in [0, 0.05) is 12.6 Å². The van der Waals surface area contributed by atoms with Crippen LogP contribution in [-0.4, -0.2) is 32.1 Å². The fraction of sp³-hybridized carbons (Fsp3) is 0.588. The Morgan fingerprint density at radius 3 is 2.50 bits per heavy atom. The summed E-state index contributed by atoms with van der Waals surface area (Å²) in [7, 11) is -3.76. The van der Waals surface area contributed by atoms with Crippen LogP contribution in [0.1, 0.15) is 63.2 Å². The molecule has 0 aliphatic heterocycles. The van der Waals surface area contributed by atoms with Gasteiger partial charge >= 0.3 is 5.97 Å². The average molecular weight is 356 g/mol. The molecule has 0 saturated heterocycles. The number of nitrogens with one attached hydrogen (secondary N) is 2. The Bertz CT molecular complexity index is 644. The average Bonchev–Trinajstić information content (AvgIpc) is 2.52. The Hall–Kier alpha value is -1.60. The monoisotopic (exact) mass is 356 g/mol. The van der Waals surface area contributed by atoms with Crippen molar-refractivity contribution in [2.45, 2.75) is 63.8 Å². The Balaban J connectivity index is 3.10. The predicted octanol–water partition coefficient (Wildman–Crippen LogP) is 3.45. The lowest BCUT2D eigenvalue weighted by atomic mass is 10.1. The van der Waals surface area contributed by atoms with Crippen molar-refractivity contribution in [2.75, 3.05) is 11.9 Å². The van der Waals surface area contributed by atoms with E-state index in [0.717, 1.165) is 32.1 Å². The van der Waals surface area contributed by atoms with Crippen LogP contribution in [-0.2, 0) is 10.0 Å². The summed E-state index contributed by atoms with van der Waals surface area (Å²) in [6, 6.07) is 4.25. The number of hydrogen-bond donors (Lipinski definition) is 3. The van der Waals surface area contributed by atoms with Gasteiger partial charge in [0.1, 0.15) is 4.90 Å². The third-order valence-corrected chi connectivity index (χ3v) is 5.22. The molecule has 0 amide bonds. The number of benzene rings is 1. The molecule has 0 fully saturated rings. The van der Waals surface area contributed by atoms with Crippen LogP contribution in [0.5, 0.6) is 0 Å². The van der Waals surface area contributed by atoms with Crippen molar-refractivity contribution in [1.82, 2.24) is 4.72 Å². The van der Waals surface area contributed by atoms with Gasteiger partial charge in [-0.2, -0.15) is 0 Å². The first-order valence-corrected chi connectivity index (χ1v) is 9.93. The first-order valence-electron chi connectivity index (χ1n) is 8.45. The van der Waals surface area contributed by atoms with Crippen molar-refractivity contribution in [3.05, 3.63) is 23.8 Å². The number of carboxylic acid groups (broad SMARTS) is 1. The second kappa shape index (κ2) is 9.64. The van der Waals surface area contributed by atoms with Gasteiger partial charge in [-0.1, -0.05) is 33.1 Å². The maximum Gasteiger partial charge on any atom is 0.335 e. The van der Waals surface area contributed by atoms with Crippen LogP contribution >= 0.6 is 0 Å². The molecular weight excluding hydrogens is 328 g/mol. The summed E-state index contributed by atoms with van der Waals surface area (Å²) in [5, 5.41) is 12.3. The van der Waals surface area contributed by atoms with Crippen LogP contribution in [0.4, 0.5) is 5.69 Å². The second-order valence-electron chi connectivity index (χ2n) is 5.96. The van der Waals surface area contributed by atoms with Gasteiger partial charge in [-0.3, -0.25) is 0 Å². The number of anilines is 1. The van der Waals surface area contributed by atoms with E-state index in [1.54, 1.807) is 0 Å². The number of rotatable bonds is 11. The van der Waals surface area contributed by atoms with E-state index < -0.39 is 16.0 Å². The van der Waals surface area contributed by atoms with Crippen LogP contribution in [0, 0.1) is 0 Å². The van der Waals surface area contributed by atoms with Gasteiger partial charge in [0.2, 0.25) is 10.0 Å². The topological polar surface area (TPSA) is 95.5 Å². The van der Waals surface area contributed by atoms with Crippen LogP contribution < -0.4 is 10.0 Å². The zero-order valence-electron chi connectivity index (χ0n) is 14.6. The lowest BCUT2D eigenvalue weighted by Gasteiger charge is -2.18. The number of aromatic carboxylic acids is 1. The summed E-state index contributed by atoms with van der Waals surface area (Å²) < 4.78 is 27.7. The van der Waals surface area contributed by atoms with Crippen LogP contribution in [0.2, 0.25) is 0 Å². The lowest BCUT2D eigenvalue weighted by molar-refractivity contribution is 0.0696. The van der Waals surface area contributed by atoms with Gasteiger partial charge in [-0.25, -0.2) is 17.9 Å². The number of carbonyl (C=O) groups is 1. The summed E-state index contributed by atoms with van der Waals surface area (Å²) in [5.74, 6) is -1.15. The molecule has 0 saturated carbocycles. The molecule has 0 unspecified atom stereocenters.